The molecule has 0 spiro atoms. The average Bonchev–Trinajstić information content (AvgIpc) is 3.28. The van der Waals surface area contributed by atoms with Gasteiger partial charge in [0.25, 0.3) is 0 Å². The van der Waals surface area contributed by atoms with Crippen LogP contribution in [0.3, 0.4) is 0 Å². The molecule has 3 rings (SSSR count). The molecule has 2 heterocycles. The van der Waals surface area contributed by atoms with Crippen LogP contribution in [0.2, 0.25) is 0 Å². The third-order valence-corrected chi connectivity index (χ3v) is 5.74. The van der Waals surface area contributed by atoms with Gasteiger partial charge in [-0.3, -0.25) is 14.4 Å². The Labute approximate surface area is 220 Å². The molecule has 1 aliphatic rings. The minimum absolute atomic E-state index is 0.00255. The quantitative estimate of drug-likeness (QED) is 0.411. The predicted molar refractivity (Wildman–Crippen MR) is 138 cm³/mol. The second-order valence-electron chi connectivity index (χ2n) is 9.74. The Morgan fingerprint density at radius 1 is 1.26 bits per heavy atom. The third kappa shape index (κ3) is 7.11. The fourth-order valence-electron chi connectivity index (χ4n) is 4.03. The van der Waals surface area contributed by atoms with Crippen molar-refractivity contribution in [1.82, 2.24) is 20.5 Å². The van der Waals surface area contributed by atoms with Gasteiger partial charge in [-0.1, -0.05) is 6.58 Å². The van der Waals surface area contributed by atoms with Crippen LogP contribution in [0.5, 0.6) is 11.6 Å². The van der Waals surface area contributed by atoms with E-state index in [0.29, 0.717) is 11.6 Å². The molecule has 1 saturated heterocycles. The Balaban J connectivity index is 1.81. The summed E-state index contributed by atoms with van der Waals surface area (Å²) in [5.41, 5.74) is 4.80. The van der Waals surface area contributed by atoms with Crippen molar-refractivity contribution in [3.63, 3.8) is 0 Å². The normalized spacial score (nSPS) is 17.8. The molecule has 2 aromatic rings. The van der Waals surface area contributed by atoms with Crippen molar-refractivity contribution in [3.8, 4) is 11.6 Å². The highest BCUT2D eigenvalue weighted by molar-refractivity contribution is 5.93. The van der Waals surface area contributed by atoms with Crippen LogP contribution in [0.4, 0.5) is 4.79 Å². The molecule has 204 valence electrons. The summed E-state index contributed by atoms with van der Waals surface area (Å²) in [6, 6.07) is 5.00. The van der Waals surface area contributed by atoms with Crippen LogP contribution < -0.4 is 25.8 Å². The first-order valence-electron chi connectivity index (χ1n) is 12.0. The van der Waals surface area contributed by atoms with Gasteiger partial charge in [0.15, 0.2) is 0 Å². The fourth-order valence-corrected chi connectivity index (χ4v) is 4.03. The lowest BCUT2D eigenvalue weighted by Gasteiger charge is -2.28. The van der Waals surface area contributed by atoms with E-state index in [4.69, 9.17) is 19.9 Å². The van der Waals surface area contributed by atoms with Crippen LogP contribution in [-0.2, 0) is 19.1 Å². The zero-order chi connectivity index (χ0) is 28.0. The van der Waals surface area contributed by atoms with Gasteiger partial charge in [0.05, 0.1) is 13.7 Å². The van der Waals surface area contributed by atoms with Gasteiger partial charge in [-0.2, -0.15) is 0 Å². The van der Waals surface area contributed by atoms with Crippen molar-refractivity contribution >= 4 is 34.6 Å². The number of carbonyl (C=O) groups is 4. The number of nitrogens with zero attached hydrogens (tertiary/aromatic N) is 2. The maximum Gasteiger partial charge on any atom is 0.408 e. The largest absolute Gasteiger partial charge is 0.497 e. The Morgan fingerprint density at radius 2 is 2.00 bits per heavy atom. The van der Waals surface area contributed by atoms with E-state index in [2.05, 4.69) is 22.2 Å². The molecule has 0 saturated carbocycles. The Kier molecular flexibility index (Phi) is 8.76. The lowest BCUT2D eigenvalue weighted by atomic mass is 10.1. The Hall–Kier alpha value is -4.35. The zero-order valence-corrected chi connectivity index (χ0v) is 21.9. The molecule has 1 aliphatic heterocycles. The first kappa shape index (κ1) is 28.2. The number of hydrogen-bond donors (Lipinski definition) is 3. The van der Waals surface area contributed by atoms with E-state index in [1.54, 1.807) is 40.1 Å². The summed E-state index contributed by atoms with van der Waals surface area (Å²) in [6.07, 6.45) is 1.27. The number of amides is 4. The number of hydrogen-bond acceptors (Lipinski definition) is 8. The number of carbonyl (C=O) groups excluding carboxylic acids is 4. The lowest BCUT2D eigenvalue weighted by molar-refractivity contribution is -0.139. The standard InChI is InChI=1S/C26H33N5O7/c1-6-21(32)29-13-19(30-25(35)38-26(2,3)4)24(34)31-14-17(12-20(31)22(27)33)37-23-18-8-7-16(36-5)11-15(18)9-10-28-23/h6-11,17,19-20H,1,12-14H2,2-5H3,(H2,27,33)(H,29,32)(H,30,35)/t17-,19+,20+/m1/s1. The molecule has 4 N–H and O–H groups in total. The first-order chi connectivity index (χ1) is 17.9. The molecule has 38 heavy (non-hydrogen) atoms. The number of rotatable bonds is 9. The predicted octanol–water partition coefficient (Wildman–Crippen LogP) is 1.27. The fraction of sp³-hybridized carbons (Fsp3) is 0.423. The molecular formula is C26H33N5O7. The van der Waals surface area contributed by atoms with Gasteiger partial charge in [-0.25, -0.2) is 9.78 Å². The highest BCUT2D eigenvalue weighted by Gasteiger charge is 2.42. The summed E-state index contributed by atoms with van der Waals surface area (Å²) >= 11 is 0. The summed E-state index contributed by atoms with van der Waals surface area (Å²) in [5, 5.41) is 6.52. The van der Waals surface area contributed by atoms with Gasteiger partial charge in [0.2, 0.25) is 23.6 Å². The smallest absolute Gasteiger partial charge is 0.408 e. The van der Waals surface area contributed by atoms with E-state index in [1.165, 1.54) is 4.90 Å². The monoisotopic (exact) mass is 527 g/mol. The number of alkyl carbamates (subject to hydrolysis) is 1. The lowest BCUT2D eigenvalue weighted by Crippen LogP contribution is -2.57. The number of nitrogens with one attached hydrogen (secondary N) is 2. The minimum Gasteiger partial charge on any atom is -0.497 e. The number of ether oxygens (including phenoxy) is 3. The SMILES string of the molecule is C=CC(=O)NC[C@H](NC(=O)OC(C)(C)C)C(=O)N1C[C@H](Oc2nccc3cc(OC)ccc23)C[C@H]1C(N)=O. The topological polar surface area (TPSA) is 162 Å². The van der Waals surface area contributed by atoms with Gasteiger partial charge in [0.1, 0.15) is 29.5 Å². The maximum atomic E-state index is 13.5. The van der Waals surface area contributed by atoms with Crippen LogP contribution in [-0.4, -0.2) is 77.7 Å². The molecule has 1 fully saturated rings. The van der Waals surface area contributed by atoms with Crippen LogP contribution in [0.25, 0.3) is 10.8 Å². The average molecular weight is 528 g/mol. The highest BCUT2D eigenvalue weighted by Crippen LogP contribution is 2.30. The number of fused-ring (bicyclic) bond motifs is 1. The number of likely N-dealkylation sites (tertiary alicyclic amines) is 1. The number of nitrogens with two attached hydrogens (primary N) is 1. The van der Waals surface area contributed by atoms with Gasteiger partial charge < -0.3 is 35.5 Å². The summed E-state index contributed by atoms with van der Waals surface area (Å²) in [6.45, 7) is 8.14. The summed E-state index contributed by atoms with van der Waals surface area (Å²) in [5.74, 6) is -0.902. The van der Waals surface area contributed by atoms with Gasteiger partial charge in [-0.05, 0) is 56.5 Å². The number of pyridine rings is 1. The van der Waals surface area contributed by atoms with Crippen molar-refractivity contribution < 1.29 is 33.4 Å². The van der Waals surface area contributed by atoms with Gasteiger partial charge in [0, 0.05) is 24.5 Å². The van der Waals surface area contributed by atoms with Crippen molar-refractivity contribution in [1.29, 1.82) is 0 Å². The number of benzene rings is 1. The Morgan fingerprint density at radius 3 is 2.63 bits per heavy atom. The first-order valence-corrected chi connectivity index (χ1v) is 12.0. The molecular weight excluding hydrogens is 494 g/mol. The van der Waals surface area contributed by atoms with Crippen LogP contribution >= 0.6 is 0 Å². The minimum atomic E-state index is -1.24. The third-order valence-electron chi connectivity index (χ3n) is 5.74. The molecule has 4 amide bonds. The van der Waals surface area contributed by atoms with E-state index >= 15 is 0 Å². The molecule has 0 aliphatic carbocycles. The van der Waals surface area contributed by atoms with Crippen molar-refractivity contribution in [2.24, 2.45) is 5.73 Å². The van der Waals surface area contributed by atoms with Gasteiger partial charge >= 0.3 is 6.09 Å². The summed E-state index contributed by atoms with van der Waals surface area (Å²) < 4.78 is 16.6. The number of primary amides is 1. The molecule has 1 aromatic heterocycles. The summed E-state index contributed by atoms with van der Waals surface area (Å²) in [7, 11) is 1.57. The van der Waals surface area contributed by atoms with E-state index in [-0.39, 0.29) is 19.5 Å². The second kappa shape index (κ2) is 11.8. The van der Waals surface area contributed by atoms with E-state index in [9.17, 15) is 19.2 Å². The van der Waals surface area contributed by atoms with Crippen LogP contribution in [0.1, 0.15) is 27.2 Å². The summed E-state index contributed by atoms with van der Waals surface area (Å²) in [4.78, 5) is 55.5. The molecule has 3 atom stereocenters. The second-order valence-corrected chi connectivity index (χ2v) is 9.74. The molecule has 0 radical (unpaired) electrons. The molecule has 1 aromatic carbocycles. The van der Waals surface area contributed by atoms with Crippen molar-refractivity contribution in [2.45, 2.75) is 51.0 Å². The molecule has 12 nitrogen and oxygen atoms in total. The molecule has 0 unspecified atom stereocenters. The number of methoxy groups -OCH3 is 1. The van der Waals surface area contributed by atoms with E-state index < -0.39 is 47.6 Å². The van der Waals surface area contributed by atoms with Crippen molar-refractivity contribution in [3.05, 3.63) is 43.1 Å². The number of aromatic nitrogens is 1. The molecule has 0 bridgehead atoms. The molecule has 12 heteroatoms. The van der Waals surface area contributed by atoms with Crippen LogP contribution in [0, 0.1) is 0 Å². The van der Waals surface area contributed by atoms with E-state index in [0.717, 1.165) is 16.8 Å². The zero-order valence-electron chi connectivity index (χ0n) is 21.9. The van der Waals surface area contributed by atoms with Crippen LogP contribution in [0.15, 0.2) is 43.1 Å². The van der Waals surface area contributed by atoms with Gasteiger partial charge in [-0.15, -0.1) is 0 Å². The highest BCUT2D eigenvalue weighted by atomic mass is 16.6. The van der Waals surface area contributed by atoms with E-state index in [1.807, 2.05) is 18.2 Å². The Bertz CT molecular complexity index is 1230. The maximum absolute atomic E-state index is 13.5. The van der Waals surface area contributed by atoms with Crippen molar-refractivity contribution in [2.75, 3.05) is 20.2 Å².